The lowest BCUT2D eigenvalue weighted by atomic mass is 9.82. The fourth-order valence-electron chi connectivity index (χ4n) is 5.70. The van der Waals surface area contributed by atoms with Crippen molar-refractivity contribution in [2.45, 2.75) is 44.6 Å². The number of aryl methyl sites for hydroxylation is 1. The fourth-order valence-corrected chi connectivity index (χ4v) is 5.70. The van der Waals surface area contributed by atoms with Gasteiger partial charge in [-0.05, 0) is 74.6 Å². The second kappa shape index (κ2) is 10.6. The normalized spacial score (nSPS) is 18.4. The summed E-state index contributed by atoms with van der Waals surface area (Å²) in [7, 11) is 1.38. The largest absolute Gasteiger partial charge is 0.494 e. The number of hydrogen-bond donors (Lipinski definition) is 2. The number of nitrogens with zero attached hydrogens (tertiary/aromatic N) is 3. The number of nitrogens with two attached hydrogens (primary N) is 1. The number of alkyl halides is 2. The first-order valence-corrected chi connectivity index (χ1v) is 13.9. The molecule has 0 unspecified atom stereocenters. The van der Waals surface area contributed by atoms with E-state index in [1.165, 1.54) is 31.4 Å². The highest BCUT2D eigenvalue weighted by Gasteiger charge is 2.45. The summed E-state index contributed by atoms with van der Waals surface area (Å²) in [6.07, 6.45) is 3.03. The lowest BCUT2D eigenvalue weighted by Gasteiger charge is -2.22. The van der Waals surface area contributed by atoms with E-state index in [1.54, 1.807) is 19.9 Å². The molecule has 0 bridgehead atoms. The zero-order valence-electron chi connectivity index (χ0n) is 23.8. The highest BCUT2D eigenvalue weighted by atomic mass is 19.3. The Morgan fingerprint density at radius 2 is 2.00 bits per heavy atom. The summed E-state index contributed by atoms with van der Waals surface area (Å²) < 4.78 is 52.3. The Bertz CT molecular complexity index is 1770. The molecule has 0 radical (unpaired) electrons. The standard InChI is InChI=1S/C31H30F3N5O4/c1-15-8-19(32)6-7-20(15)26-27-22(31(2,14-43-27)29(35)41)11-23(37-26)21(16-4-5-16)12-36-28(40)17-9-18-13-39(30(33)34)38-25(18)24(10-17)42-3/h6-11,13,16,21,30H,4-5,12,14H2,1-3H3,(H2,35,41)(H,36,40)/t21-,31-/m0/s1. The van der Waals surface area contributed by atoms with Crippen molar-refractivity contribution in [2.75, 3.05) is 20.3 Å². The lowest BCUT2D eigenvalue weighted by Crippen LogP contribution is -2.40. The van der Waals surface area contributed by atoms with Gasteiger partial charge >= 0.3 is 6.55 Å². The predicted molar refractivity (Wildman–Crippen MR) is 152 cm³/mol. The van der Waals surface area contributed by atoms with Crippen molar-refractivity contribution >= 4 is 22.7 Å². The minimum Gasteiger partial charge on any atom is -0.494 e. The molecule has 0 spiro atoms. The van der Waals surface area contributed by atoms with Crippen LogP contribution in [0.2, 0.25) is 0 Å². The van der Waals surface area contributed by atoms with E-state index in [9.17, 15) is 22.8 Å². The van der Waals surface area contributed by atoms with Crippen LogP contribution < -0.4 is 20.5 Å². The van der Waals surface area contributed by atoms with E-state index in [1.807, 2.05) is 6.07 Å². The average Bonchev–Trinajstić information content (AvgIpc) is 3.61. The van der Waals surface area contributed by atoms with Crippen LogP contribution in [0.25, 0.3) is 22.2 Å². The summed E-state index contributed by atoms with van der Waals surface area (Å²) in [5, 5.41) is 7.18. The maximum Gasteiger partial charge on any atom is 0.333 e. The van der Waals surface area contributed by atoms with Crippen LogP contribution in [0.3, 0.4) is 0 Å². The summed E-state index contributed by atoms with van der Waals surface area (Å²) in [4.78, 5) is 30.9. The molecule has 1 aliphatic carbocycles. The number of carbonyl (C=O) groups excluding carboxylic acids is 2. The Kier molecular flexibility index (Phi) is 7.02. The molecule has 2 aliphatic rings. The van der Waals surface area contributed by atoms with Gasteiger partial charge in [0.05, 0.1) is 7.11 Å². The van der Waals surface area contributed by atoms with Gasteiger partial charge in [0, 0.05) is 46.4 Å². The Morgan fingerprint density at radius 3 is 2.65 bits per heavy atom. The van der Waals surface area contributed by atoms with Crippen molar-refractivity contribution in [2.24, 2.45) is 11.7 Å². The second-order valence-electron chi connectivity index (χ2n) is 11.4. The number of rotatable bonds is 9. The predicted octanol–water partition coefficient (Wildman–Crippen LogP) is 5.01. The van der Waals surface area contributed by atoms with Gasteiger partial charge in [0.15, 0.2) is 0 Å². The Labute approximate surface area is 245 Å². The van der Waals surface area contributed by atoms with Crippen LogP contribution in [-0.2, 0) is 10.2 Å². The zero-order chi connectivity index (χ0) is 30.6. The van der Waals surface area contributed by atoms with Crippen LogP contribution >= 0.6 is 0 Å². The Hall–Kier alpha value is -4.61. The summed E-state index contributed by atoms with van der Waals surface area (Å²) >= 11 is 0. The van der Waals surface area contributed by atoms with Crippen molar-refractivity contribution in [1.82, 2.24) is 20.1 Å². The van der Waals surface area contributed by atoms with Gasteiger partial charge in [0.2, 0.25) is 5.91 Å². The van der Waals surface area contributed by atoms with Gasteiger partial charge < -0.3 is 20.5 Å². The van der Waals surface area contributed by atoms with Gasteiger partial charge in [-0.1, -0.05) is 0 Å². The van der Waals surface area contributed by atoms with Crippen molar-refractivity contribution < 1.29 is 32.2 Å². The van der Waals surface area contributed by atoms with Gasteiger partial charge in [0.1, 0.15) is 40.5 Å². The van der Waals surface area contributed by atoms with Crippen molar-refractivity contribution in [1.29, 1.82) is 0 Å². The van der Waals surface area contributed by atoms with E-state index in [0.717, 1.165) is 19.0 Å². The molecule has 2 amide bonds. The third-order valence-electron chi connectivity index (χ3n) is 8.41. The molecule has 12 heteroatoms. The molecular formula is C31H30F3N5O4. The first-order chi connectivity index (χ1) is 20.5. The van der Waals surface area contributed by atoms with E-state index in [4.69, 9.17) is 20.2 Å². The third-order valence-corrected chi connectivity index (χ3v) is 8.41. The monoisotopic (exact) mass is 593 g/mol. The molecule has 9 nitrogen and oxygen atoms in total. The topological polar surface area (TPSA) is 121 Å². The molecule has 4 aromatic rings. The van der Waals surface area contributed by atoms with Crippen molar-refractivity contribution in [3.8, 4) is 22.8 Å². The minimum atomic E-state index is -2.83. The van der Waals surface area contributed by atoms with Gasteiger partial charge in [-0.3, -0.25) is 9.59 Å². The molecule has 43 heavy (non-hydrogen) atoms. The molecule has 224 valence electrons. The molecule has 2 aromatic heterocycles. The number of methoxy groups -OCH3 is 1. The SMILES string of the molecule is COc1cc(C(=O)NC[C@H](c2cc3c(c(-c4ccc(F)cc4C)n2)OC[C@]3(C)C(N)=O)C2CC2)cc2cn(C(F)F)nc12. The lowest BCUT2D eigenvalue weighted by molar-refractivity contribution is -0.123. The smallest absolute Gasteiger partial charge is 0.333 e. The first-order valence-electron chi connectivity index (χ1n) is 13.9. The second-order valence-corrected chi connectivity index (χ2v) is 11.4. The van der Waals surface area contributed by atoms with Gasteiger partial charge in [-0.25, -0.2) is 14.1 Å². The number of primary amides is 1. The molecule has 2 atom stereocenters. The number of amides is 2. The summed E-state index contributed by atoms with van der Waals surface area (Å²) in [6, 6.07) is 9.18. The molecule has 1 saturated carbocycles. The summed E-state index contributed by atoms with van der Waals surface area (Å²) in [5.41, 5.74) is 8.24. The molecule has 1 aliphatic heterocycles. The van der Waals surface area contributed by atoms with Crippen molar-refractivity contribution in [3.63, 3.8) is 0 Å². The highest BCUT2D eigenvalue weighted by molar-refractivity contribution is 6.00. The Morgan fingerprint density at radius 1 is 1.23 bits per heavy atom. The summed E-state index contributed by atoms with van der Waals surface area (Å²) in [5.74, 6) is -0.686. The highest BCUT2D eigenvalue weighted by Crippen LogP contribution is 2.48. The van der Waals surface area contributed by atoms with E-state index >= 15 is 0 Å². The number of fused-ring (bicyclic) bond motifs is 2. The van der Waals surface area contributed by atoms with Crippen LogP contribution in [-0.4, -0.2) is 46.8 Å². The van der Waals surface area contributed by atoms with Crippen molar-refractivity contribution in [3.05, 3.63) is 70.8 Å². The molecule has 2 aromatic carbocycles. The molecule has 3 heterocycles. The zero-order valence-corrected chi connectivity index (χ0v) is 23.8. The van der Waals surface area contributed by atoms with Crippen LogP contribution in [0.5, 0.6) is 11.5 Å². The maximum atomic E-state index is 14.0. The third kappa shape index (κ3) is 5.04. The maximum absolute atomic E-state index is 14.0. The number of benzene rings is 2. The van der Waals surface area contributed by atoms with Crippen LogP contribution in [0.15, 0.2) is 42.6 Å². The number of ether oxygens (including phenoxy) is 2. The molecule has 6 rings (SSSR count). The Balaban J connectivity index is 1.36. The fraction of sp³-hybridized carbons (Fsp3) is 0.355. The number of halogens is 3. The number of nitrogens with one attached hydrogen (secondary N) is 1. The molecular weight excluding hydrogens is 563 g/mol. The van der Waals surface area contributed by atoms with Gasteiger partial charge in [-0.15, -0.1) is 0 Å². The molecule has 1 fully saturated rings. The van der Waals surface area contributed by atoms with Crippen LogP contribution in [0.4, 0.5) is 13.2 Å². The van der Waals surface area contributed by atoms with E-state index < -0.39 is 23.8 Å². The molecule has 3 N–H and O–H groups in total. The quantitative estimate of drug-likeness (QED) is 0.282. The van der Waals surface area contributed by atoms with Crippen LogP contribution in [0.1, 0.15) is 59.4 Å². The number of hydrogen-bond acceptors (Lipinski definition) is 6. The van der Waals surface area contributed by atoms with Gasteiger partial charge in [0.25, 0.3) is 5.91 Å². The van der Waals surface area contributed by atoms with Gasteiger partial charge in [-0.2, -0.15) is 13.9 Å². The number of aromatic nitrogens is 3. The number of carbonyl (C=O) groups is 2. The molecule has 0 saturated heterocycles. The van der Waals surface area contributed by atoms with E-state index in [-0.39, 0.29) is 47.6 Å². The summed E-state index contributed by atoms with van der Waals surface area (Å²) in [6.45, 7) is 0.935. The first kappa shape index (κ1) is 28.5. The van der Waals surface area contributed by atoms with E-state index in [2.05, 4.69) is 10.4 Å². The number of pyridine rings is 1. The minimum absolute atomic E-state index is 0.0489. The van der Waals surface area contributed by atoms with E-state index in [0.29, 0.717) is 43.9 Å². The van der Waals surface area contributed by atoms with Crippen LogP contribution in [0, 0.1) is 18.7 Å². The average molecular weight is 594 g/mol.